The molecule has 6 heteroatoms. The Morgan fingerprint density at radius 3 is 3.00 bits per heavy atom. The second kappa shape index (κ2) is 5.88. The van der Waals surface area contributed by atoms with E-state index in [4.69, 9.17) is 9.84 Å². The van der Waals surface area contributed by atoms with Crippen LogP contribution in [0, 0.1) is 0 Å². The summed E-state index contributed by atoms with van der Waals surface area (Å²) >= 11 is 3.26. The summed E-state index contributed by atoms with van der Waals surface area (Å²) in [6, 6.07) is 7.48. The number of aromatic amines is 1. The van der Waals surface area contributed by atoms with Gasteiger partial charge in [0.25, 0.3) is 0 Å². The van der Waals surface area contributed by atoms with E-state index in [0.717, 1.165) is 11.3 Å². The van der Waals surface area contributed by atoms with Gasteiger partial charge in [-0.3, -0.25) is 4.79 Å². The minimum absolute atomic E-state index is 0.0985. The summed E-state index contributed by atoms with van der Waals surface area (Å²) in [5.74, 6) is 0.468. The first-order chi connectivity index (χ1) is 9.10. The fourth-order valence-corrected chi connectivity index (χ4v) is 2.11. The topological polar surface area (TPSA) is 75.2 Å². The van der Waals surface area contributed by atoms with Crippen molar-refractivity contribution < 1.29 is 14.6 Å². The quantitative estimate of drug-likeness (QED) is 0.886. The molecule has 0 fully saturated rings. The predicted molar refractivity (Wildman–Crippen MR) is 74.2 cm³/mol. The highest BCUT2D eigenvalue weighted by Gasteiger charge is 2.12. The number of carbonyl (C=O) groups is 1. The minimum Gasteiger partial charge on any atom is -0.494 e. The molecule has 0 radical (unpaired) electrons. The second-order valence-electron chi connectivity index (χ2n) is 3.89. The van der Waals surface area contributed by atoms with Crippen LogP contribution in [0.5, 0.6) is 5.75 Å². The highest BCUT2D eigenvalue weighted by molar-refractivity contribution is 9.10. The lowest BCUT2D eigenvalue weighted by molar-refractivity contribution is -0.136. The van der Waals surface area contributed by atoms with Crippen LogP contribution in [0.2, 0.25) is 0 Å². The lowest BCUT2D eigenvalue weighted by atomic mass is 10.2. The van der Waals surface area contributed by atoms with E-state index < -0.39 is 5.97 Å². The van der Waals surface area contributed by atoms with E-state index in [-0.39, 0.29) is 6.42 Å². The molecule has 0 aliphatic carbocycles. The number of nitrogens with one attached hydrogen (secondary N) is 1. The van der Waals surface area contributed by atoms with Crippen molar-refractivity contribution in [2.24, 2.45) is 0 Å². The van der Waals surface area contributed by atoms with Crippen LogP contribution in [0.4, 0.5) is 0 Å². The van der Waals surface area contributed by atoms with Crippen molar-refractivity contribution in [2.45, 2.75) is 13.3 Å². The number of carboxylic acids is 1. The van der Waals surface area contributed by atoms with Crippen molar-refractivity contribution in [3.63, 3.8) is 0 Å². The Balaban J connectivity index is 2.31. The number of nitrogens with zero attached hydrogens (tertiary/aromatic N) is 1. The lowest BCUT2D eigenvalue weighted by Gasteiger charge is -2.04. The molecule has 0 unspecified atom stereocenters. The van der Waals surface area contributed by atoms with Crippen molar-refractivity contribution in [1.29, 1.82) is 0 Å². The number of benzene rings is 1. The van der Waals surface area contributed by atoms with Crippen LogP contribution in [-0.2, 0) is 11.2 Å². The number of H-pyrrole nitrogens is 1. The van der Waals surface area contributed by atoms with E-state index in [1.54, 1.807) is 0 Å². The molecule has 0 bridgehead atoms. The van der Waals surface area contributed by atoms with Crippen LogP contribution in [-0.4, -0.2) is 27.7 Å². The maximum atomic E-state index is 10.7. The number of halogens is 1. The fraction of sp³-hybridized carbons (Fsp3) is 0.231. The van der Waals surface area contributed by atoms with Gasteiger partial charge >= 0.3 is 5.97 Å². The van der Waals surface area contributed by atoms with E-state index in [1.165, 1.54) is 0 Å². The van der Waals surface area contributed by atoms with Crippen molar-refractivity contribution >= 4 is 21.9 Å². The lowest BCUT2D eigenvalue weighted by Crippen LogP contribution is -2.00. The second-order valence-corrected chi connectivity index (χ2v) is 4.64. The van der Waals surface area contributed by atoms with E-state index in [2.05, 4.69) is 25.9 Å². The van der Waals surface area contributed by atoms with Crippen molar-refractivity contribution in [3.8, 4) is 17.1 Å². The summed E-state index contributed by atoms with van der Waals surface area (Å²) in [6.07, 6.45) is -0.0985. The van der Waals surface area contributed by atoms with Gasteiger partial charge in [-0.05, 0) is 35.0 Å². The number of carboxylic acid groups (broad SMARTS) is 1. The summed E-state index contributed by atoms with van der Waals surface area (Å²) in [7, 11) is 0. The summed E-state index contributed by atoms with van der Waals surface area (Å²) in [4.78, 5) is 18.0. The van der Waals surface area contributed by atoms with Gasteiger partial charge in [0.1, 0.15) is 16.2 Å². The molecule has 2 aromatic rings. The Morgan fingerprint density at radius 1 is 1.53 bits per heavy atom. The molecule has 0 aliphatic heterocycles. The number of hydrogen-bond donors (Lipinski definition) is 2. The third-order valence-electron chi connectivity index (χ3n) is 2.47. The highest BCUT2D eigenvalue weighted by atomic mass is 79.9. The first kappa shape index (κ1) is 13.6. The monoisotopic (exact) mass is 324 g/mol. The summed E-state index contributed by atoms with van der Waals surface area (Å²) in [6.45, 7) is 2.51. The Kier molecular flexibility index (Phi) is 4.21. The molecule has 0 spiro atoms. The van der Waals surface area contributed by atoms with Crippen LogP contribution < -0.4 is 4.74 Å². The van der Waals surface area contributed by atoms with Crippen LogP contribution in [0.1, 0.15) is 12.6 Å². The van der Waals surface area contributed by atoms with E-state index in [0.29, 0.717) is 22.7 Å². The molecule has 0 atom stereocenters. The van der Waals surface area contributed by atoms with E-state index in [9.17, 15) is 4.79 Å². The molecule has 5 nitrogen and oxygen atoms in total. The first-order valence-corrected chi connectivity index (χ1v) is 6.59. The number of ether oxygens (including phenoxy) is 1. The van der Waals surface area contributed by atoms with E-state index >= 15 is 0 Å². The molecule has 2 N–H and O–H groups in total. The van der Waals surface area contributed by atoms with Gasteiger partial charge in [-0.25, -0.2) is 4.98 Å². The van der Waals surface area contributed by atoms with Crippen LogP contribution in [0.25, 0.3) is 11.4 Å². The number of aromatic nitrogens is 2. The summed E-state index contributed by atoms with van der Waals surface area (Å²) in [5.41, 5.74) is 1.40. The maximum absolute atomic E-state index is 10.7. The van der Waals surface area contributed by atoms with Crippen LogP contribution >= 0.6 is 15.9 Å². The van der Waals surface area contributed by atoms with Gasteiger partial charge in [-0.2, -0.15) is 0 Å². The zero-order valence-electron chi connectivity index (χ0n) is 10.3. The predicted octanol–water partition coefficient (Wildman–Crippen LogP) is 2.86. The smallest absolute Gasteiger partial charge is 0.309 e. The van der Waals surface area contributed by atoms with Crippen molar-refractivity contribution in [1.82, 2.24) is 9.97 Å². The maximum Gasteiger partial charge on any atom is 0.309 e. The third kappa shape index (κ3) is 3.35. The summed E-state index contributed by atoms with van der Waals surface area (Å²) < 4.78 is 5.94. The van der Waals surface area contributed by atoms with Crippen molar-refractivity contribution in [2.75, 3.05) is 6.61 Å². The van der Waals surface area contributed by atoms with Gasteiger partial charge in [0.05, 0.1) is 18.7 Å². The number of imidazole rings is 1. The average Bonchev–Trinajstić information content (AvgIpc) is 2.71. The largest absolute Gasteiger partial charge is 0.494 e. The molecule has 0 aliphatic rings. The molecule has 2 rings (SSSR count). The zero-order valence-corrected chi connectivity index (χ0v) is 11.9. The average molecular weight is 325 g/mol. The van der Waals surface area contributed by atoms with Gasteiger partial charge in [-0.15, -0.1) is 0 Å². The molecule has 100 valence electrons. The molecule has 1 aromatic carbocycles. The first-order valence-electron chi connectivity index (χ1n) is 5.79. The fourth-order valence-electron chi connectivity index (χ4n) is 1.69. The number of hydrogen-bond acceptors (Lipinski definition) is 3. The Labute approximate surface area is 118 Å². The van der Waals surface area contributed by atoms with Gasteiger partial charge in [-0.1, -0.05) is 12.1 Å². The molecule has 19 heavy (non-hydrogen) atoms. The third-order valence-corrected chi connectivity index (χ3v) is 3.13. The molecule has 0 amide bonds. The number of aliphatic carboxylic acids is 1. The Morgan fingerprint density at radius 2 is 2.32 bits per heavy atom. The molecule has 1 aromatic heterocycles. The molecule has 1 heterocycles. The van der Waals surface area contributed by atoms with Crippen LogP contribution in [0.15, 0.2) is 28.9 Å². The Hall–Kier alpha value is -1.82. The normalized spacial score (nSPS) is 10.4. The van der Waals surface area contributed by atoms with Gasteiger partial charge in [0.15, 0.2) is 0 Å². The van der Waals surface area contributed by atoms with Crippen molar-refractivity contribution in [3.05, 3.63) is 34.6 Å². The molecular weight excluding hydrogens is 312 g/mol. The van der Waals surface area contributed by atoms with Gasteiger partial charge in [0, 0.05) is 5.56 Å². The molecule has 0 saturated carbocycles. The zero-order chi connectivity index (χ0) is 13.8. The van der Waals surface area contributed by atoms with Crippen LogP contribution in [0.3, 0.4) is 0 Å². The molecular formula is C13H13BrN2O3. The number of rotatable bonds is 5. The summed E-state index contributed by atoms with van der Waals surface area (Å²) in [5, 5.41) is 8.80. The highest BCUT2D eigenvalue weighted by Crippen LogP contribution is 2.25. The Bertz CT molecular complexity index is 595. The van der Waals surface area contributed by atoms with E-state index in [1.807, 2.05) is 31.2 Å². The SMILES string of the molecule is CCOc1cccc(-c2nc(Br)c(CC(=O)O)[nH]2)c1. The van der Waals surface area contributed by atoms with Gasteiger partial charge < -0.3 is 14.8 Å². The molecule has 0 saturated heterocycles. The minimum atomic E-state index is -0.904. The van der Waals surface area contributed by atoms with Gasteiger partial charge in [0.2, 0.25) is 0 Å². The standard InChI is InChI=1S/C13H13BrN2O3/c1-2-19-9-5-3-4-8(6-9)13-15-10(7-11(17)18)12(14)16-13/h3-6H,2,7H2,1H3,(H,15,16)(H,17,18).